The minimum Gasteiger partial charge on any atom is -0.497 e. The molecule has 47 heavy (non-hydrogen) atoms. The van der Waals surface area contributed by atoms with Crippen molar-refractivity contribution in [1.82, 2.24) is 4.57 Å². The number of aromatic nitrogens is 1. The van der Waals surface area contributed by atoms with Gasteiger partial charge in [0.05, 0.1) is 41.1 Å². The number of rotatable bonds is 9. The van der Waals surface area contributed by atoms with Crippen molar-refractivity contribution in [1.29, 1.82) is 0 Å². The number of amides is 1. The number of hydrogen-bond donors (Lipinski definition) is 1. The summed E-state index contributed by atoms with van der Waals surface area (Å²) in [4.78, 5) is 33.2. The first kappa shape index (κ1) is 32.1. The van der Waals surface area contributed by atoms with E-state index in [4.69, 9.17) is 42.4 Å². The zero-order chi connectivity index (χ0) is 33.1. The van der Waals surface area contributed by atoms with Gasteiger partial charge in [-0.05, 0) is 66.6 Å². The van der Waals surface area contributed by atoms with Crippen LogP contribution in [0.3, 0.4) is 0 Å². The summed E-state index contributed by atoms with van der Waals surface area (Å²) in [5.74, 6) is 0.994. The topological polar surface area (TPSA) is 91.2 Å². The molecule has 0 radical (unpaired) electrons. The summed E-state index contributed by atoms with van der Waals surface area (Å²) in [6.45, 7) is 1.97. The van der Waals surface area contributed by atoms with Gasteiger partial charge in [0.15, 0.2) is 16.3 Å². The van der Waals surface area contributed by atoms with Crippen LogP contribution in [0.15, 0.2) is 112 Å². The highest BCUT2D eigenvalue weighted by Crippen LogP contribution is 2.38. The Labute approximate surface area is 284 Å². The van der Waals surface area contributed by atoms with Crippen molar-refractivity contribution in [2.75, 3.05) is 19.5 Å². The minimum atomic E-state index is -0.758. The second-order valence-electron chi connectivity index (χ2n) is 10.6. The number of thiazole rings is 1. The number of hydrogen-bond acceptors (Lipinski definition) is 7. The van der Waals surface area contributed by atoms with Gasteiger partial charge in [0, 0.05) is 16.3 Å². The van der Waals surface area contributed by atoms with E-state index >= 15 is 0 Å². The van der Waals surface area contributed by atoms with Crippen molar-refractivity contribution in [2.24, 2.45) is 4.99 Å². The first-order chi connectivity index (χ1) is 22.8. The molecule has 1 amide bonds. The molecule has 2 heterocycles. The van der Waals surface area contributed by atoms with Gasteiger partial charge in [-0.2, -0.15) is 0 Å². The number of halogens is 2. The van der Waals surface area contributed by atoms with Crippen LogP contribution in [0.4, 0.5) is 5.69 Å². The smallest absolute Gasteiger partial charge is 0.271 e. The van der Waals surface area contributed by atoms with Gasteiger partial charge >= 0.3 is 0 Å². The van der Waals surface area contributed by atoms with Crippen LogP contribution in [0.1, 0.15) is 29.7 Å². The van der Waals surface area contributed by atoms with Crippen molar-refractivity contribution in [3.8, 4) is 17.2 Å². The summed E-state index contributed by atoms with van der Waals surface area (Å²) in [7, 11) is 3.09. The molecule has 0 fully saturated rings. The van der Waals surface area contributed by atoms with E-state index in [1.165, 1.54) is 18.4 Å². The zero-order valence-corrected chi connectivity index (χ0v) is 28.0. The Bertz CT molecular complexity index is 2190. The predicted molar refractivity (Wildman–Crippen MR) is 186 cm³/mol. The van der Waals surface area contributed by atoms with Crippen LogP contribution in [0, 0.1) is 0 Å². The Hall–Kier alpha value is -4.83. The van der Waals surface area contributed by atoms with Crippen molar-refractivity contribution in [3.05, 3.63) is 149 Å². The molecule has 0 bridgehead atoms. The number of benzene rings is 4. The number of carbonyl (C=O) groups excluding carboxylic acids is 1. The van der Waals surface area contributed by atoms with E-state index in [0.717, 1.165) is 5.56 Å². The molecular weight excluding hydrogens is 657 g/mol. The fourth-order valence-corrected chi connectivity index (χ4v) is 6.85. The lowest BCUT2D eigenvalue weighted by atomic mass is 9.95. The Kier molecular flexibility index (Phi) is 9.49. The maximum Gasteiger partial charge on any atom is 0.271 e. The third-order valence-corrected chi connectivity index (χ3v) is 9.22. The average Bonchev–Trinajstić information content (AvgIpc) is 3.37. The number of carbonyl (C=O) groups is 1. The lowest BCUT2D eigenvalue weighted by Crippen LogP contribution is -2.40. The predicted octanol–water partition coefficient (Wildman–Crippen LogP) is 6.78. The summed E-state index contributed by atoms with van der Waals surface area (Å²) in [5.41, 5.74) is 3.30. The fourth-order valence-electron chi connectivity index (χ4n) is 5.34. The van der Waals surface area contributed by atoms with Crippen LogP contribution in [-0.4, -0.2) is 24.7 Å². The Morgan fingerprint density at radius 3 is 2.47 bits per heavy atom. The molecule has 1 aromatic heterocycles. The molecule has 238 valence electrons. The molecule has 0 spiro atoms. The lowest BCUT2D eigenvalue weighted by Gasteiger charge is -2.25. The van der Waals surface area contributed by atoms with Crippen molar-refractivity contribution in [2.45, 2.75) is 19.6 Å². The van der Waals surface area contributed by atoms with E-state index in [9.17, 15) is 9.59 Å². The number of methoxy groups -OCH3 is 2. The van der Waals surface area contributed by atoms with Gasteiger partial charge in [0.25, 0.3) is 11.5 Å². The Morgan fingerprint density at radius 2 is 1.72 bits per heavy atom. The van der Waals surface area contributed by atoms with Gasteiger partial charge in [0.1, 0.15) is 12.4 Å². The van der Waals surface area contributed by atoms with E-state index in [2.05, 4.69) is 5.32 Å². The molecule has 0 saturated heterocycles. The molecule has 1 aliphatic heterocycles. The monoisotopic (exact) mass is 685 g/mol. The van der Waals surface area contributed by atoms with Crippen LogP contribution in [-0.2, 0) is 11.4 Å². The summed E-state index contributed by atoms with van der Waals surface area (Å²) in [6, 6.07) is 26.5. The maximum absolute atomic E-state index is 14.2. The van der Waals surface area contributed by atoms with Crippen LogP contribution in [0.25, 0.3) is 6.08 Å². The molecule has 5 aromatic rings. The van der Waals surface area contributed by atoms with E-state index in [-0.39, 0.29) is 18.1 Å². The summed E-state index contributed by atoms with van der Waals surface area (Å²) < 4.78 is 19.1. The first-order valence-electron chi connectivity index (χ1n) is 14.5. The van der Waals surface area contributed by atoms with Gasteiger partial charge in [-0.3, -0.25) is 14.2 Å². The maximum atomic E-state index is 14.2. The Balaban J connectivity index is 1.42. The zero-order valence-electron chi connectivity index (χ0n) is 25.6. The SMILES string of the molecule is COc1cccc([C@@H]2C(C(=O)Nc3ccccc3)=C(C)N=c3s/c(=C\c4cc(Cl)c(OCc5ccccc5Cl)c(OC)c4)c(=O)n32)c1. The molecule has 1 N–H and O–H groups in total. The lowest BCUT2D eigenvalue weighted by molar-refractivity contribution is -0.113. The third kappa shape index (κ3) is 6.69. The number of fused-ring (bicyclic) bond motifs is 1. The minimum absolute atomic E-state index is 0.192. The van der Waals surface area contributed by atoms with Gasteiger partial charge in [0.2, 0.25) is 0 Å². The molecular formula is C36H29Cl2N3O5S. The number of ether oxygens (including phenoxy) is 3. The summed E-state index contributed by atoms with van der Waals surface area (Å²) >= 11 is 14.2. The van der Waals surface area contributed by atoms with Crippen molar-refractivity contribution in [3.63, 3.8) is 0 Å². The standard InChI is InChI=1S/C36H29Cl2N3O5S/c1-21-31(34(42)40-25-12-5-4-6-13-25)32(23-11-9-14-26(19-23)44-2)41-35(43)30(47-36(41)39-21)18-22-16-28(38)33(29(17-22)45-3)46-20-24-10-7-8-15-27(24)37/h4-19,32H,20H2,1-3H3,(H,40,42)/b30-18-/t32-/m1/s1. The van der Waals surface area contributed by atoms with E-state index in [1.807, 2.05) is 60.7 Å². The van der Waals surface area contributed by atoms with Gasteiger partial charge in [-0.1, -0.05) is 83.1 Å². The molecule has 0 aliphatic carbocycles. The molecule has 1 atom stereocenters. The van der Waals surface area contributed by atoms with Crippen LogP contribution >= 0.6 is 34.5 Å². The summed E-state index contributed by atoms with van der Waals surface area (Å²) in [6.07, 6.45) is 1.72. The summed E-state index contributed by atoms with van der Waals surface area (Å²) in [5, 5.41) is 3.85. The second kappa shape index (κ2) is 13.9. The normalized spacial score (nSPS) is 14.3. The number of nitrogens with zero attached hydrogens (tertiary/aromatic N) is 2. The molecule has 8 nitrogen and oxygen atoms in total. The van der Waals surface area contributed by atoms with Crippen LogP contribution < -0.4 is 34.4 Å². The molecule has 6 rings (SSSR count). The highest BCUT2D eigenvalue weighted by atomic mass is 35.5. The molecule has 0 unspecified atom stereocenters. The second-order valence-corrected chi connectivity index (χ2v) is 12.4. The molecule has 11 heteroatoms. The van der Waals surface area contributed by atoms with Crippen molar-refractivity contribution >= 4 is 52.2 Å². The molecule has 4 aromatic carbocycles. The number of para-hydroxylation sites is 1. The van der Waals surface area contributed by atoms with E-state index in [0.29, 0.717) is 64.7 Å². The quantitative estimate of drug-likeness (QED) is 0.185. The van der Waals surface area contributed by atoms with Gasteiger partial charge in [-0.25, -0.2) is 4.99 Å². The largest absolute Gasteiger partial charge is 0.497 e. The number of anilines is 1. The first-order valence-corrected chi connectivity index (χ1v) is 16.1. The number of nitrogens with one attached hydrogen (secondary N) is 1. The number of allylic oxidation sites excluding steroid dienone is 1. The molecule has 1 aliphatic rings. The highest BCUT2D eigenvalue weighted by Gasteiger charge is 2.33. The van der Waals surface area contributed by atoms with Crippen LogP contribution in [0.5, 0.6) is 17.2 Å². The van der Waals surface area contributed by atoms with Gasteiger partial charge < -0.3 is 19.5 Å². The van der Waals surface area contributed by atoms with Gasteiger partial charge in [-0.15, -0.1) is 0 Å². The highest BCUT2D eigenvalue weighted by molar-refractivity contribution is 7.07. The molecule has 0 saturated carbocycles. The average molecular weight is 687 g/mol. The third-order valence-electron chi connectivity index (χ3n) is 7.59. The Morgan fingerprint density at radius 1 is 0.957 bits per heavy atom. The fraction of sp³-hybridized carbons (Fsp3) is 0.139. The van der Waals surface area contributed by atoms with Crippen LogP contribution in [0.2, 0.25) is 10.0 Å². The van der Waals surface area contributed by atoms with Crippen molar-refractivity contribution < 1.29 is 19.0 Å². The van der Waals surface area contributed by atoms with E-state index in [1.54, 1.807) is 55.0 Å². The van der Waals surface area contributed by atoms with E-state index < -0.39 is 6.04 Å².